The first-order valence-corrected chi connectivity index (χ1v) is 15.1. The zero-order valence-electron chi connectivity index (χ0n) is 24.7. The normalized spacial score (nSPS) is 12.5. The van der Waals surface area contributed by atoms with E-state index in [1.165, 1.54) is 37.7 Å². The van der Waals surface area contributed by atoms with E-state index in [0.29, 0.717) is 0 Å². The zero-order valence-corrected chi connectivity index (χ0v) is 25.5. The molecule has 0 unspecified atom stereocenters. The van der Waals surface area contributed by atoms with Crippen LogP contribution in [0.3, 0.4) is 0 Å². The molecule has 0 radical (unpaired) electrons. The lowest BCUT2D eigenvalue weighted by Gasteiger charge is -2.21. The van der Waals surface area contributed by atoms with Gasteiger partial charge < -0.3 is 0 Å². The molecule has 1 heterocycles. The van der Waals surface area contributed by atoms with Crippen molar-refractivity contribution in [1.82, 2.24) is 4.98 Å². The number of hydrogen-bond donors (Lipinski definition) is 0. The van der Waals surface area contributed by atoms with Crippen LogP contribution in [0.25, 0.3) is 42.7 Å². The first-order valence-electron chi connectivity index (χ1n) is 14.3. The van der Waals surface area contributed by atoms with Crippen molar-refractivity contribution < 1.29 is 0 Å². The summed E-state index contributed by atoms with van der Waals surface area (Å²) in [5.41, 5.74) is 9.32. The molecule has 0 atom stereocenters. The SMILES string of the molecule is CC(C)(C)c1ccc(-c2cc(C(C)(C)C)cc3sc(-c4ccccc4N=Cc4cccc5ccccc45)nc23)cc1. The summed E-state index contributed by atoms with van der Waals surface area (Å²) < 4.78 is 1.20. The fourth-order valence-corrected chi connectivity index (χ4v) is 6.28. The van der Waals surface area contributed by atoms with Crippen LogP contribution in [-0.2, 0) is 10.8 Å². The molecule has 0 spiro atoms. The minimum absolute atomic E-state index is 0.0269. The van der Waals surface area contributed by atoms with Crippen LogP contribution in [0.5, 0.6) is 0 Å². The Hall–Kier alpha value is -4.08. The van der Waals surface area contributed by atoms with E-state index >= 15 is 0 Å². The Morgan fingerprint density at radius 3 is 2.10 bits per heavy atom. The monoisotopic (exact) mass is 552 g/mol. The van der Waals surface area contributed by atoms with Crippen LogP contribution in [0.15, 0.2) is 108 Å². The van der Waals surface area contributed by atoms with Crippen molar-refractivity contribution in [2.45, 2.75) is 52.4 Å². The molecule has 204 valence electrons. The molecular weight excluding hydrogens is 516 g/mol. The molecule has 0 bridgehead atoms. The van der Waals surface area contributed by atoms with Crippen molar-refractivity contribution in [3.8, 4) is 21.7 Å². The minimum Gasteiger partial charge on any atom is -0.256 e. The van der Waals surface area contributed by atoms with E-state index in [4.69, 9.17) is 9.98 Å². The number of aliphatic imine (C=N–C) groups is 1. The van der Waals surface area contributed by atoms with E-state index in [-0.39, 0.29) is 10.8 Å². The molecule has 0 amide bonds. The summed E-state index contributed by atoms with van der Waals surface area (Å²) in [5.74, 6) is 0. The van der Waals surface area contributed by atoms with Gasteiger partial charge in [-0.25, -0.2) is 4.98 Å². The van der Waals surface area contributed by atoms with E-state index in [9.17, 15) is 0 Å². The number of thiazole rings is 1. The fraction of sp³-hybridized carbons (Fsp3) is 0.211. The lowest BCUT2D eigenvalue weighted by atomic mass is 9.84. The topological polar surface area (TPSA) is 25.2 Å². The average Bonchev–Trinajstić information content (AvgIpc) is 3.39. The lowest BCUT2D eigenvalue weighted by molar-refractivity contribution is 0.590. The third-order valence-corrected chi connectivity index (χ3v) is 8.76. The second kappa shape index (κ2) is 10.4. The van der Waals surface area contributed by atoms with Gasteiger partial charge in [-0.3, -0.25) is 4.99 Å². The maximum Gasteiger partial charge on any atom is 0.126 e. The van der Waals surface area contributed by atoms with Crippen LogP contribution in [0.4, 0.5) is 5.69 Å². The predicted molar refractivity (Wildman–Crippen MR) is 179 cm³/mol. The Labute approximate surface area is 247 Å². The van der Waals surface area contributed by atoms with Crippen molar-refractivity contribution in [2.75, 3.05) is 0 Å². The van der Waals surface area contributed by atoms with Crippen molar-refractivity contribution in [2.24, 2.45) is 4.99 Å². The molecule has 0 aliphatic rings. The van der Waals surface area contributed by atoms with Crippen LogP contribution in [-0.4, -0.2) is 11.2 Å². The van der Waals surface area contributed by atoms with Crippen LogP contribution < -0.4 is 0 Å². The number of nitrogens with zero attached hydrogens (tertiary/aromatic N) is 2. The van der Waals surface area contributed by atoms with E-state index in [1.807, 2.05) is 12.3 Å². The van der Waals surface area contributed by atoms with Crippen LogP contribution in [0.1, 0.15) is 58.2 Å². The van der Waals surface area contributed by atoms with Crippen molar-refractivity contribution in [3.05, 3.63) is 120 Å². The second-order valence-corrected chi connectivity index (χ2v) is 13.8. The molecule has 0 saturated heterocycles. The zero-order chi connectivity index (χ0) is 28.8. The Morgan fingerprint density at radius 1 is 0.659 bits per heavy atom. The summed E-state index contributed by atoms with van der Waals surface area (Å²) in [7, 11) is 0. The minimum atomic E-state index is 0.0269. The van der Waals surface area contributed by atoms with Crippen LogP contribution >= 0.6 is 11.3 Å². The second-order valence-electron chi connectivity index (χ2n) is 12.8. The molecule has 2 nitrogen and oxygen atoms in total. The van der Waals surface area contributed by atoms with Crippen LogP contribution in [0, 0.1) is 0 Å². The van der Waals surface area contributed by atoms with Crippen molar-refractivity contribution in [3.63, 3.8) is 0 Å². The predicted octanol–water partition coefficient (Wildman–Crippen LogP) is 11.1. The van der Waals surface area contributed by atoms with Gasteiger partial charge in [-0.05, 0) is 62.6 Å². The highest BCUT2D eigenvalue weighted by molar-refractivity contribution is 7.21. The third-order valence-electron chi connectivity index (χ3n) is 7.72. The molecule has 1 aromatic heterocycles. The summed E-state index contributed by atoms with van der Waals surface area (Å²) in [4.78, 5) is 10.2. The van der Waals surface area contributed by atoms with E-state index in [1.54, 1.807) is 11.3 Å². The smallest absolute Gasteiger partial charge is 0.126 e. The molecule has 6 rings (SSSR count). The van der Waals surface area contributed by atoms with Crippen molar-refractivity contribution >= 4 is 44.2 Å². The number of para-hydroxylation sites is 1. The van der Waals surface area contributed by atoms with E-state index < -0.39 is 0 Å². The van der Waals surface area contributed by atoms with Gasteiger partial charge >= 0.3 is 0 Å². The Balaban J connectivity index is 1.47. The summed E-state index contributed by atoms with van der Waals surface area (Å²) >= 11 is 1.75. The molecular formula is C38H36N2S. The molecule has 0 aliphatic carbocycles. The number of rotatable bonds is 4. The fourth-order valence-electron chi connectivity index (χ4n) is 5.22. The number of fused-ring (bicyclic) bond motifs is 2. The number of aromatic nitrogens is 1. The lowest BCUT2D eigenvalue weighted by Crippen LogP contribution is -2.11. The molecule has 3 heteroatoms. The van der Waals surface area contributed by atoms with Gasteiger partial charge in [0.2, 0.25) is 0 Å². The summed E-state index contributed by atoms with van der Waals surface area (Å²) in [6.45, 7) is 13.6. The molecule has 0 aliphatic heterocycles. The summed E-state index contributed by atoms with van der Waals surface area (Å²) in [6.07, 6.45) is 1.98. The molecule has 6 aromatic rings. The largest absolute Gasteiger partial charge is 0.256 e. The number of benzene rings is 5. The quantitative estimate of drug-likeness (QED) is 0.200. The Morgan fingerprint density at radius 2 is 1.34 bits per heavy atom. The summed E-state index contributed by atoms with van der Waals surface area (Å²) in [5, 5.41) is 3.41. The van der Waals surface area contributed by atoms with Gasteiger partial charge in [0.05, 0.1) is 15.9 Å². The molecule has 0 fully saturated rings. The van der Waals surface area contributed by atoms with Gasteiger partial charge in [0.1, 0.15) is 5.01 Å². The van der Waals surface area contributed by atoms with Gasteiger partial charge in [0.25, 0.3) is 0 Å². The highest BCUT2D eigenvalue weighted by Gasteiger charge is 2.21. The van der Waals surface area contributed by atoms with Gasteiger partial charge in [0.15, 0.2) is 0 Å². The molecule has 5 aromatic carbocycles. The highest BCUT2D eigenvalue weighted by atomic mass is 32.1. The third kappa shape index (κ3) is 5.47. The van der Waals surface area contributed by atoms with Gasteiger partial charge in [-0.2, -0.15) is 0 Å². The van der Waals surface area contributed by atoms with Crippen molar-refractivity contribution in [1.29, 1.82) is 0 Å². The first-order chi connectivity index (χ1) is 19.6. The highest BCUT2D eigenvalue weighted by Crippen LogP contribution is 2.42. The molecule has 0 N–H and O–H groups in total. The Kier molecular flexibility index (Phi) is 6.87. The summed E-state index contributed by atoms with van der Waals surface area (Å²) in [6, 6.07) is 36.8. The average molecular weight is 553 g/mol. The van der Waals surface area contributed by atoms with Crippen LogP contribution in [0.2, 0.25) is 0 Å². The number of hydrogen-bond acceptors (Lipinski definition) is 3. The first kappa shape index (κ1) is 27.1. The van der Waals surface area contributed by atoms with Gasteiger partial charge in [0, 0.05) is 22.9 Å². The molecule has 41 heavy (non-hydrogen) atoms. The maximum atomic E-state index is 5.26. The van der Waals surface area contributed by atoms with Gasteiger partial charge in [-0.1, -0.05) is 120 Å². The van der Waals surface area contributed by atoms with E-state index in [0.717, 1.165) is 27.3 Å². The molecule has 0 saturated carbocycles. The standard InChI is InChI=1S/C38H36N2S/c1-37(2,3)28-20-18-26(19-21-28)32-22-29(38(4,5)6)23-34-35(32)40-36(41-34)31-16-9-10-17-33(31)39-24-27-14-11-13-25-12-7-8-15-30(25)27/h7-24H,1-6H3. The van der Waals surface area contributed by atoms with Gasteiger partial charge in [-0.15, -0.1) is 11.3 Å². The van der Waals surface area contributed by atoms with E-state index in [2.05, 4.69) is 139 Å². The Bertz CT molecular complexity index is 1890. The maximum absolute atomic E-state index is 5.26.